The maximum Gasteiger partial charge on any atom is 0.299 e. The van der Waals surface area contributed by atoms with Crippen molar-refractivity contribution in [1.29, 1.82) is 0 Å². The molecule has 1 N–H and O–H groups in total. The number of terminal acetylenes is 1. The number of nitrogens with zero attached hydrogens (tertiary/aromatic N) is 1. The molecule has 36 heavy (non-hydrogen) atoms. The average molecular weight is 483 g/mol. The molecule has 4 aliphatic carbocycles. The first kappa shape index (κ1) is 23.5. The van der Waals surface area contributed by atoms with Gasteiger partial charge in [-0.05, 0) is 116 Å². The molecule has 1 amide bonds. The number of hydrogen-bond donors (Lipinski definition) is 1. The van der Waals surface area contributed by atoms with Crippen molar-refractivity contribution in [1.82, 2.24) is 4.90 Å². The summed E-state index contributed by atoms with van der Waals surface area (Å²) in [7, 11) is 1.70. The standard InChI is InChI=1S/C32H38N2O2/c1-4-6-27-16-25-17-28(36-3)11-12-29(25)31(34(27)30(35)5-2)24-7-9-26(10-8-24)33-32-18-21-13-22(19-32)15-23(14-21)20-32/h2,7-12,17,21-23,27,31,33H,4,6,13-16,18-20H2,1,3H3/t21?,22?,23?,27-,31-,32?/m0/s1. The third-order valence-electron chi connectivity index (χ3n) is 9.43. The second-order valence-electron chi connectivity index (χ2n) is 11.9. The fourth-order valence-corrected chi connectivity index (χ4v) is 8.46. The van der Waals surface area contributed by atoms with Crippen molar-refractivity contribution < 1.29 is 9.53 Å². The fraction of sp³-hybridized carbons (Fsp3) is 0.531. The van der Waals surface area contributed by atoms with E-state index in [1.165, 1.54) is 49.8 Å². The van der Waals surface area contributed by atoms with Gasteiger partial charge >= 0.3 is 0 Å². The van der Waals surface area contributed by atoms with E-state index in [1.54, 1.807) is 7.11 Å². The molecule has 7 rings (SSSR count). The van der Waals surface area contributed by atoms with Crippen LogP contribution in [-0.4, -0.2) is 29.5 Å². The normalized spacial score (nSPS) is 32.0. The average Bonchev–Trinajstić information content (AvgIpc) is 2.87. The Morgan fingerprint density at radius 3 is 2.33 bits per heavy atom. The monoisotopic (exact) mass is 482 g/mol. The summed E-state index contributed by atoms with van der Waals surface area (Å²) in [4.78, 5) is 15.1. The van der Waals surface area contributed by atoms with Gasteiger partial charge in [-0.15, -0.1) is 6.42 Å². The molecule has 5 aliphatic rings. The SMILES string of the molecule is C#CC(=O)N1[C@@H](CCC)Cc2cc(OC)ccc2[C@@H]1c1ccc(NC23CC4CC(CC(C4)C2)C3)cc1. The van der Waals surface area contributed by atoms with Crippen molar-refractivity contribution in [3.05, 3.63) is 59.2 Å². The lowest BCUT2D eigenvalue weighted by Crippen LogP contribution is -2.54. The number of carbonyl (C=O) groups is 1. The molecule has 4 saturated carbocycles. The van der Waals surface area contributed by atoms with Gasteiger partial charge in [-0.1, -0.05) is 31.5 Å². The van der Waals surface area contributed by atoms with Crippen molar-refractivity contribution in [3.8, 4) is 18.1 Å². The fourth-order valence-electron chi connectivity index (χ4n) is 8.46. The number of nitrogens with one attached hydrogen (secondary N) is 1. The summed E-state index contributed by atoms with van der Waals surface area (Å²) in [5, 5.41) is 4.00. The van der Waals surface area contributed by atoms with Crippen LogP contribution in [-0.2, 0) is 11.2 Å². The number of hydrogen-bond acceptors (Lipinski definition) is 3. The topological polar surface area (TPSA) is 41.6 Å². The largest absolute Gasteiger partial charge is 0.497 e. The highest BCUT2D eigenvalue weighted by Crippen LogP contribution is 2.56. The molecule has 0 saturated heterocycles. The minimum atomic E-state index is -0.226. The summed E-state index contributed by atoms with van der Waals surface area (Å²) in [6.45, 7) is 2.17. The number of methoxy groups -OCH3 is 1. The van der Waals surface area contributed by atoms with Crippen molar-refractivity contribution in [2.75, 3.05) is 12.4 Å². The van der Waals surface area contributed by atoms with Crippen LogP contribution in [0.15, 0.2) is 42.5 Å². The lowest BCUT2D eigenvalue weighted by Gasteiger charge is -2.57. The van der Waals surface area contributed by atoms with Crippen LogP contribution < -0.4 is 10.1 Å². The van der Waals surface area contributed by atoms with Gasteiger partial charge in [0.05, 0.1) is 13.2 Å². The molecular formula is C32H38N2O2. The van der Waals surface area contributed by atoms with Crippen molar-refractivity contribution in [2.24, 2.45) is 17.8 Å². The summed E-state index contributed by atoms with van der Waals surface area (Å²) in [6, 6.07) is 15.0. The number of carbonyl (C=O) groups excluding carboxylic acids is 1. The summed E-state index contributed by atoms with van der Waals surface area (Å²) >= 11 is 0. The Bertz CT molecular complexity index is 1140. The Morgan fingerprint density at radius 2 is 1.75 bits per heavy atom. The highest BCUT2D eigenvalue weighted by molar-refractivity contribution is 5.94. The molecule has 188 valence electrons. The molecule has 0 unspecified atom stereocenters. The molecule has 0 spiro atoms. The molecule has 0 aromatic heterocycles. The Hall–Kier alpha value is -2.93. The second kappa shape index (κ2) is 9.18. The summed E-state index contributed by atoms with van der Waals surface area (Å²) < 4.78 is 5.52. The summed E-state index contributed by atoms with van der Waals surface area (Å²) in [5.74, 6) is 5.80. The first-order chi connectivity index (χ1) is 17.5. The van der Waals surface area contributed by atoms with E-state index in [0.29, 0.717) is 0 Å². The quantitative estimate of drug-likeness (QED) is 0.488. The number of fused-ring (bicyclic) bond motifs is 1. The van der Waals surface area contributed by atoms with Crippen molar-refractivity contribution in [2.45, 2.75) is 82.3 Å². The smallest absolute Gasteiger partial charge is 0.299 e. The van der Waals surface area contributed by atoms with Crippen LogP contribution in [0.4, 0.5) is 5.69 Å². The minimum absolute atomic E-state index is 0.0768. The van der Waals surface area contributed by atoms with Gasteiger partial charge < -0.3 is 15.0 Å². The Kier molecular flexibility index (Phi) is 5.98. The molecule has 2 aromatic carbocycles. The molecule has 2 aromatic rings. The molecule has 4 fully saturated rings. The first-order valence-electron chi connectivity index (χ1n) is 13.8. The molecule has 0 radical (unpaired) electrons. The van der Waals surface area contributed by atoms with Crippen LogP contribution in [0, 0.1) is 30.1 Å². The summed E-state index contributed by atoms with van der Waals surface area (Å²) in [5.41, 5.74) is 4.98. The Morgan fingerprint density at radius 1 is 1.08 bits per heavy atom. The zero-order valence-corrected chi connectivity index (χ0v) is 21.6. The Balaban J connectivity index is 1.32. The third kappa shape index (κ3) is 4.07. The second-order valence-corrected chi connectivity index (χ2v) is 11.9. The molecule has 1 aliphatic heterocycles. The van der Waals surface area contributed by atoms with E-state index in [9.17, 15) is 4.79 Å². The van der Waals surface area contributed by atoms with Crippen molar-refractivity contribution >= 4 is 11.6 Å². The van der Waals surface area contributed by atoms with E-state index in [0.717, 1.165) is 53.9 Å². The third-order valence-corrected chi connectivity index (χ3v) is 9.43. The van der Waals surface area contributed by atoms with Gasteiger partial charge in [0.1, 0.15) is 5.75 Å². The highest BCUT2D eigenvalue weighted by Gasteiger charge is 2.51. The number of anilines is 1. The van der Waals surface area contributed by atoms with E-state index in [1.807, 2.05) is 11.0 Å². The minimum Gasteiger partial charge on any atom is -0.497 e. The molecule has 4 nitrogen and oxygen atoms in total. The number of benzene rings is 2. The van der Waals surface area contributed by atoms with Gasteiger partial charge in [-0.3, -0.25) is 4.79 Å². The van der Waals surface area contributed by atoms with Crippen LogP contribution in [0.3, 0.4) is 0 Å². The van der Waals surface area contributed by atoms with Gasteiger partial charge in [-0.2, -0.15) is 0 Å². The predicted molar refractivity (Wildman–Crippen MR) is 144 cm³/mol. The van der Waals surface area contributed by atoms with Gasteiger partial charge in [0, 0.05) is 17.3 Å². The van der Waals surface area contributed by atoms with Gasteiger partial charge in [0.2, 0.25) is 0 Å². The lowest BCUT2D eigenvalue weighted by atomic mass is 9.53. The van der Waals surface area contributed by atoms with Crippen LogP contribution >= 0.6 is 0 Å². The van der Waals surface area contributed by atoms with E-state index in [-0.39, 0.29) is 23.5 Å². The van der Waals surface area contributed by atoms with Crippen LogP contribution in [0.25, 0.3) is 0 Å². The zero-order valence-electron chi connectivity index (χ0n) is 21.6. The Labute approximate surface area is 215 Å². The summed E-state index contributed by atoms with van der Waals surface area (Å²) in [6.07, 6.45) is 16.7. The lowest BCUT2D eigenvalue weighted by molar-refractivity contribution is -0.130. The van der Waals surface area contributed by atoms with Gasteiger partial charge in [-0.25, -0.2) is 0 Å². The van der Waals surface area contributed by atoms with Gasteiger partial charge in [0.15, 0.2) is 0 Å². The number of amides is 1. The molecule has 1 heterocycles. The highest BCUT2D eigenvalue weighted by atomic mass is 16.5. The number of rotatable bonds is 6. The van der Waals surface area contributed by atoms with E-state index < -0.39 is 0 Å². The van der Waals surface area contributed by atoms with Crippen LogP contribution in [0.5, 0.6) is 5.75 Å². The molecule has 2 atom stereocenters. The molecular weight excluding hydrogens is 444 g/mol. The first-order valence-corrected chi connectivity index (χ1v) is 13.8. The maximum absolute atomic E-state index is 13.1. The van der Waals surface area contributed by atoms with E-state index in [2.05, 4.69) is 54.6 Å². The molecule has 4 heteroatoms. The van der Waals surface area contributed by atoms with E-state index in [4.69, 9.17) is 11.2 Å². The maximum atomic E-state index is 13.1. The predicted octanol–water partition coefficient (Wildman–Crippen LogP) is 6.35. The van der Waals surface area contributed by atoms with E-state index >= 15 is 0 Å². The van der Waals surface area contributed by atoms with Gasteiger partial charge in [0.25, 0.3) is 5.91 Å². The number of ether oxygens (including phenoxy) is 1. The van der Waals surface area contributed by atoms with Crippen LogP contribution in [0.1, 0.15) is 81.0 Å². The van der Waals surface area contributed by atoms with Crippen molar-refractivity contribution in [3.63, 3.8) is 0 Å². The van der Waals surface area contributed by atoms with Crippen LogP contribution in [0.2, 0.25) is 0 Å². The molecule has 4 bridgehead atoms. The zero-order chi connectivity index (χ0) is 24.9.